The zero-order valence-corrected chi connectivity index (χ0v) is 13.4. The molecule has 0 saturated carbocycles. The van der Waals surface area contributed by atoms with Crippen molar-refractivity contribution in [1.29, 1.82) is 0 Å². The van der Waals surface area contributed by atoms with Crippen LogP contribution in [0, 0.1) is 0 Å². The normalized spacial score (nSPS) is 11.4. The Labute approximate surface area is 130 Å². The van der Waals surface area contributed by atoms with Crippen LogP contribution in [-0.2, 0) is 21.4 Å². The fourth-order valence-corrected chi connectivity index (χ4v) is 3.94. The number of sulfonamides is 1. The molecule has 0 aromatic heterocycles. The Hall–Kier alpha value is -2.05. The van der Waals surface area contributed by atoms with Crippen molar-refractivity contribution in [3.63, 3.8) is 0 Å². The quantitative estimate of drug-likeness (QED) is 0.888. The lowest BCUT2D eigenvalue weighted by Gasteiger charge is -2.24. The highest BCUT2D eigenvalue weighted by molar-refractivity contribution is 7.92. The summed E-state index contributed by atoms with van der Waals surface area (Å²) in [6, 6.07) is 12.9. The first-order valence-electron chi connectivity index (χ1n) is 6.89. The molecular weight excluding hydrogens is 302 g/mol. The van der Waals surface area contributed by atoms with E-state index in [-0.39, 0.29) is 23.8 Å². The van der Waals surface area contributed by atoms with Crippen LogP contribution in [0.15, 0.2) is 53.4 Å². The van der Waals surface area contributed by atoms with Gasteiger partial charge >= 0.3 is 0 Å². The molecule has 0 spiro atoms. The molecule has 2 aromatic rings. The molecule has 0 bridgehead atoms. The fraction of sp³-hybridized carbons (Fsp3) is 0.250. The monoisotopic (exact) mass is 321 g/mol. The summed E-state index contributed by atoms with van der Waals surface area (Å²) < 4.78 is 32.3. The molecule has 0 heterocycles. The maximum Gasteiger partial charge on any atom is 0.264 e. The van der Waals surface area contributed by atoms with E-state index < -0.39 is 10.0 Å². The minimum Gasteiger partial charge on any atom is -0.508 e. The number of phenols is 1. The average molecular weight is 321 g/mol. The molecule has 22 heavy (non-hydrogen) atoms. The Morgan fingerprint density at radius 1 is 1.09 bits per heavy atom. The maximum absolute atomic E-state index is 13.0. The zero-order valence-electron chi connectivity index (χ0n) is 12.6. The van der Waals surface area contributed by atoms with E-state index in [9.17, 15) is 13.5 Å². The Bertz CT molecular complexity index is 726. The van der Waals surface area contributed by atoms with E-state index in [1.165, 1.54) is 23.5 Å². The van der Waals surface area contributed by atoms with E-state index >= 15 is 0 Å². The number of ether oxygens (including phenoxy) is 1. The zero-order chi connectivity index (χ0) is 16.2. The summed E-state index contributed by atoms with van der Waals surface area (Å²) in [4.78, 5) is 0.228. The molecule has 0 fully saturated rings. The van der Waals surface area contributed by atoms with Gasteiger partial charge in [-0.25, -0.2) is 8.42 Å². The number of anilines is 1. The van der Waals surface area contributed by atoms with E-state index in [1.54, 1.807) is 43.3 Å². The van der Waals surface area contributed by atoms with E-state index in [1.807, 2.05) is 0 Å². The number of aromatic hydroxyl groups is 1. The molecule has 0 radical (unpaired) electrons. The van der Waals surface area contributed by atoms with Crippen molar-refractivity contribution in [2.75, 3.05) is 18.0 Å². The first-order valence-corrected chi connectivity index (χ1v) is 8.33. The lowest BCUT2D eigenvalue weighted by atomic mass is 10.2. The second kappa shape index (κ2) is 6.81. The molecule has 0 aliphatic rings. The topological polar surface area (TPSA) is 66.8 Å². The van der Waals surface area contributed by atoms with Crippen molar-refractivity contribution >= 4 is 15.7 Å². The summed E-state index contributed by atoms with van der Waals surface area (Å²) in [5.41, 5.74) is 1.12. The number of benzene rings is 2. The Kier molecular flexibility index (Phi) is 5.05. The molecule has 2 aromatic carbocycles. The van der Waals surface area contributed by atoms with Crippen LogP contribution in [0.3, 0.4) is 0 Å². The molecule has 1 N–H and O–H groups in total. The smallest absolute Gasteiger partial charge is 0.264 e. The summed E-state index contributed by atoms with van der Waals surface area (Å²) in [5, 5.41) is 9.36. The number of hydrogen-bond acceptors (Lipinski definition) is 4. The molecule has 0 aliphatic carbocycles. The lowest BCUT2D eigenvalue weighted by molar-refractivity contribution is 0.182. The third kappa shape index (κ3) is 3.23. The minimum atomic E-state index is -3.70. The first kappa shape index (κ1) is 16.3. The highest BCUT2D eigenvalue weighted by atomic mass is 32.2. The Morgan fingerprint density at radius 2 is 1.73 bits per heavy atom. The van der Waals surface area contributed by atoms with Crippen molar-refractivity contribution in [3.8, 4) is 5.75 Å². The van der Waals surface area contributed by atoms with Gasteiger partial charge in [0.05, 0.1) is 17.2 Å². The SMILES string of the molecule is CCN(c1ccc(O)cc1)S(=O)(=O)c1ccccc1COC. The molecule has 0 amide bonds. The van der Waals surface area contributed by atoms with Gasteiger partial charge in [0, 0.05) is 13.7 Å². The van der Waals surface area contributed by atoms with Crippen LogP contribution in [0.5, 0.6) is 5.75 Å². The van der Waals surface area contributed by atoms with E-state index in [0.29, 0.717) is 11.3 Å². The van der Waals surface area contributed by atoms with E-state index in [0.717, 1.165) is 0 Å². The molecule has 0 saturated heterocycles. The van der Waals surface area contributed by atoms with Gasteiger partial charge in [-0.3, -0.25) is 4.31 Å². The van der Waals surface area contributed by atoms with Gasteiger partial charge in [0.2, 0.25) is 0 Å². The van der Waals surface area contributed by atoms with Crippen molar-refractivity contribution < 1.29 is 18.3 Å². The second-order valence-electron chi connectivity index (χ2n) is 4.73. The van der Waals surface area contributed by atoms with Gasteiger partial charge in [-0.05, 0) is 42.8 Å². The summed E-state index contributed by atoms with van der Waals surface area (Å²) in [6.45, 7) is 2.28. The van der Waals surface area contributed by atoms with Crippen LogP contribution < -0.4 is 4.31 Å². The summed E-state index contributed by atoms with van der Waals surface area (Å²) in [7, 11) is -2.17. The number of rotatable bonds is 6. The summed E-state index contributed by atoms with van der Waals surface area (Å²) in [5.74, 6) is 0.0944. The Balaban J connectivity index is 2.50. The largest absolute Gasteiger partial charge is 0.508 e. The van der Waals surface area contributed by atoms with Crippen molar-refractivity contribution in [3.05, 3.63) is 54.1 Å². The molecule has 0 unspecified atom stereocenters. The van der Waals surface area contributed by atoms with Gasteiger partial charge in [0.15, 0.2) is 0 Å². The van der Waals surface area contributed by atoms with E-state index in [4.69, 9.17) is 4.74 Å². The highest BCUT2D eigenvalue weighted by Crippen LogP contribution is 2.27. The van der Waals surface area contributed by atoms with Crippen LogP contribution in [0.2, 0.25) is 0 Å². The molecule has 5 nitrogen and oxygen atoms in total. The van der Waals surface area contributed by atoms with Gasteiger partial charge in [-0.1, -0.05) is 18.2 Å². The van der Waals surface area contributed by atoms with E-state index in [2.05, 4.69) is 0 Å². The van der Waals surface area contributed by atoms with Crippen molar-refractivity contribution in [1.82, 2.24) is 0 Å². The van der Waals surface area contributed by atoms with Gasteiger partial charge in [-0.2, -0.15) is 0 Å². The first-order chi connectivity index (χ1) is 10.5. The third-order valence-corrected chi connectivity index (χ3v) is 5.27. The minimum absolute atomic E-state index is 0.0944. The molecule has 0 atom stereocenters. The predicted molar refractivity (Wildman–Crippen MR) is 85.5 cm³/mol. The second-order valence-corrected chi connectivity index (χ2v) is 6.56. The molecule has 2 rings (SSSR count). The van der Waals surface area contributed by atoms with Gasteiger partial charge in [0.1, 0.15) is 5.75 Å². The molecule has 118 valence electrons. The summed E-state index contributed by atoms with van der Waals surface area (Å²) in [6.07, 6.45) is 0. The molecular formula is C16H19NO4S. The number of hydrogen-bond donors (Lipinski definition) is 1. The fourth-order valence-electron chi connectivity index (χ4n) is 2.26. The molecule has 0 aliphatic heterocycles. The maximum atomic E-state index is 13.0. The number of methoxy groups -OCH3 is 1. The van der Waals surface area contributed by atoms with Crippen LogP contribution in [-0.4, -0.2) is 27.2 Å². The Morgan fingerprint density at radius 3 is 2.32 bits per heavy atom. The van der Waals surface area contributed by atoms with Gasteiger partial charge < -0.3 is 9.84 Å². The van der Waals surface area contributed by atoms with Gasteiger partial charge in [0.25, 0.3) is 10.0 Å². The average Bonchev–Trinajstić information content (AvgIpc) is 2.50. The van der Waals surface area contributed by atoms with Crippen LogP contribution in [0.1, 0.15) is 12.5 Å². The van der Waals surface area contributed by atoms with Crippen molar-refractivity contribution in [2.24, 2.45) is 0 Å². The van der Waals surface area contributed by atoms with Gasteiger partial charge in [-0.15, -0.1) is 0 Å². The lowest BCUT2D eigenvalue weighted by Crippen LogP contribution is -2.31. The van der Waals surface area contributed by atoms with Crippen molar-refractivity contribution in [2.45, 2.75) is 18.4 Å². The summed E-state index contributed by atoms with van der Waals surface area (Å²) >= 11 is 0. The third-order valence-electron chi connectivity index (χ3n) is 3.27. The molecule has 6 heteroatoms. The predicted octanol–water partition coefficient (Wildman–Crippen LogP) is 2.75. The highest BCUT2D eigenvalue weighted by Gasteiger charge is 2.25. The number of nitrogens with zero attached hydrogens (tertiary/aromatic N) is 1. The standard InChI is InChI=1S/C16H19NO4S/c1-3-17(14-8-10-15(18)11-9-14)22(19,20)16-7-5-4-6-13(16)12-21-2/h4-11,18H,3,12H2,1-2H3. The van der Waals surface area contributed by atoms with Crippen LogP contribution in [0.25, 0.3) is 0 Å². The number of phenolic OH excluding ortho intramolecular Hbond substituents is 1. The van der Waals surface area contributed by atoms with Crippen LogP contribution in [0.4, 0.5) is 5.69 Å². The van der Waals surface area contributed by atoms with Crippen LogP contribution >= 0.6 is 0 Å².